The fraction of sp³-hybridized carbons (Fsp3) is 0.0612. The fourth-order valence-electron chi connectivity index (χ4n) is 7.95. The number of benzene rings is 8. The van der Waals surface area contributed by atoms with Gasteiger partial charge in [0.25, 0.3) is 0 Å². The van der Waals surface area contributed by atoms with Gasteiger partial charge >= 0.3 is 0 Å². The fourth-order valence-corrected chi connectivity index (χ4v) is 7.95. The third-order valence-electron chi connectivity index (χ3n) is 10.4. The smallest absolute Gasteiger partial charge is 0.0467 e. The number of nitrogens with zero attached hydrogens (tertiary/aromatic N) is 1. The van der Waals surface area contributed by atoms with E-state index in [1.54, 1.807) is 0 Å². The number of hydrogen-bond acceptors (Lipinski definition) is 1. The van der Waals surface area contributed by atoms with E-state index in [2.05, 4.69) is 207 Å². The molecule has 0 unspecified atom stereocenters. The molecule has 238 valence electrons. The number of fused-ring (bicyclic) bond motifs is 4. The molecular weight excluding hydrogens is 603 g/mol. The van der Waals surface area contributed by atoms with E-state index in [9.17, 15) is 0 Å². The molecule has 50 heavy (non-hydrogen) atoms. The predicted octanol–water partition coefficient (Wildman–Crippen LogP) is 13.6. The minimum absolute atomic E-state index is 0.0725. The average Bonchev–Trinajstić information content (AvgIpc) is 3.42. The van der Waals surface area contributed by atoms with E-state index < -0.39 is 0 Å². The maximum absolute atomic E-state index is 2.37. The Morgan fingerprint density at radius 3 is 1.66 bits per heavy atom. The molecule has 0 radical (unpaired) electrons. The zero-order chi connectivity index (χ0) is 33.7. The Kier molecular flexibility index (Phi) is 7.21. The molecule has 0 fully saturated rings. The SMILES string of the molecule is CC1(C)c2ccccc2-c2cccc(-c3ccc(N(c4ccc(-c5ccccc5)cc4)c4cccc(-c5ccc6ccccc6c5)c4)cc3)c21. The highest BCUT2D eigenvalue weighted by Gasteiger charge is 2.37. The zero-order valence-electron chi connectivity index (χ0n) is 28.3. The van der Waals surface area contributed by atoms with Crippen molar-refractivity contribution in [3.8, 4) is 44.5 Å². The molecule has 0 amide bonds. The van der Waals surface area contributed by atoms with Crippen LogP contribution < -0.4 is 4.90 Å². The van der Waals surface area contributed by atoms with Gasteiger partial charge in [0.1, 0.15) is 0 Å². The first kappa shape index (κ1) is 29.9. The molecule has 1 aliphatic rings. The van der Waals surface area contributed by atoms with Crippen molar-refractivity contribution in [2.75, 3.05) is 4.90 Å². The molecule has 0 heterocycles. The summed E-state index contributed by atoms with van der Waals surface area (Å²) in [6, 6.07) is 68.5. The molecule has 1 nitrogen and oxygen atoms in total. The van der Waals surface area contributed by atoms with Gasteiger partial charge in [-0.2, -0.15) is 0 Å². The second-order valence-corrected chi connectivity index (χ2v) is 13.8. The zero-order valence-corrected chi connectivity index (χ0v) is 28.3. The normalized spacial score (nSPS) is 12.8. The molecular formula is C49H37N. The van der Waals surface area contributed by atoms with Crippen LogP contribution in [0.3, 0.4) is 0 Å². The van der Waals surface area contributed by atoms with Crippen molar-refractivity contribution in [1.82, 2.24) is 0 Å². The molecule has 8 aromatic rings. The van der Waals surface area contributed by atoms with Crippen LogP contribution in [0.4, 0.5) is 17.1 Å². The Balaban J connectivity index is 1.14. The summed E-state index contributed by atoms with van der Waals surface area (Å²) in [4.78, 5) is 2.37. The van der Waals surface area contributed by atoms with E-state index in [4.69, 9.17) is 0 Å². The highest BCUT2D eigenvalue weighted by atomic mass is 15.1. The molecule has 0 spiro atoms. The summed E-state index contributed by atoms with van der Waals surface area (Å²) < 4.78 is 0. The van der Waals surface area contributed by atoms with Crippen LogP contribution >= 0.6 is 0 Å². The summed E-state index contributed by atoms with van der Waals surface area (Å²) in [5.74, 6) is 0. The molecule has 0 bridgehead atoms. The van der Waals surface area contributed by atoms with Gasteiger partial charge in [-0.15, -0.1) is 0 Å². The summed E-state index contributed by atoms with van der Waals surface area (Å²) in [7, 11) is 0. The summed E-state index contributed by atoms with van der Waals surface area (Å²) in [6.07, 6.45) is 0. The van der Waals surface area contributed by atoms with E-state index in [-0.39, 0.29) is 5.41 Å². The lowest BCUT2D eigenvalue weighted by molar-refractivity contribution is 0.662. The van der Waals surface area contributed by atoms with Crippen LogP contribution in [-0.4, -0.2) is 0 Å². The molecule has 1 aliphatic carbocycles. The van der Waals surface area contributed by atoms with Crippen LogP contribution in [0.15, 0.2) is 188 Å². The highest BCUT2D eigenvalue weighted by molar-refractivity contribution is 5.90. The van der Waals surface area contributed by atoms with Gasteiger partial charge in [0.05, 0.1) is 0 Å². The molecule has 0 N–H and O–H groups in total. The van der Waals surface area contributed by atoms with E-state index in [1.165, 1.54) is 66.4 Å². The molecule has 8 aromatic carbocycles. The lowest BCUT2D eigenvalue weighted by Crippen LogP contribution is -2.16. The maximum atomic E-state index is 2.37. The average molecular weight is 640 g/mol. The first-order valence-corrected chi connectivity index (χ1v) is 17.4. The van der Waals surface area contributed by atoms with Gasteiger partial charge in [-0.1, -0.05) is 159 Å². The lowest BCUT2D eigenvalue weighted by atomic mass is 9.79. The Morgan fingerprint density at radius 2 is 0.880 bits per heavy atom. The van der Waals surface area contributed by atoms with Crippen molar-refractivity contribution in [3.63, 3.8) is 0 Å². The minimum Gasteiger partial charge on any atom is -0.310 e. The van der Waals surface area contributed by atoms with E-state index in [0.717, 1.165) is 17.1 Å². The van der Waals surface area contributed by atoms with Crippen molar-refractivity contribution in [2.45, 2.75) is 19.3 Å². The van der Waals surface area contributed by atoms with Crippen molar-refractivity contribution in [1.29, 1.82) is 0 Å². The van der Waals surface area contributed by atoms with Gasteiger partial charge in [0.2, 0.25) is 0 Å². The maximum Gasteiger partial charge on any atom is 0.0467 e. The first-order chi connectivity index (χ1) is 24.5. The van der Waals surface area contributed by atoms with Crippen molar-refractivity contribution >= 4 is 27.8 Å². The molecule has 1 heteroatoms. The van der Waals surface area contributed by atoms with E-state index >= 15 is 0 Å². The number of rotatable bonds is 6. The third-order valence-corrected chi connectivity index (χ3v) is 10.4. The quantitative estimate of drug-likeness (QED) is 0.175. The largest absolute Gasteiger partial charge is 0.310 e. The van der Waals surface area contributed by atoms with Gasteiger partial charge in [0.15, 0.2) is 0 Å². The Hall–Kier alpha value is -6.18. The van der Waals surface area contributed by atoms with Crippen LogP contribution in [0, 0.1) is 0 Å². The molecule has 0 saturated heterocycles. The highest BCUT2D eigenvalue weighted by Crippen LogP contribution is 2.52. The standard InChI is InChI=1S/C49H37N/c1-49(2)47-21-9-8-18-45(47)46-20-11-19-44(48(46)49)37-26-30-42(31-27-37)50(41-28-24-36(25-29-41)34-12-4-3-5-13-34)43-17-10-16-39(33-43)40-23-22-35-14-6-7-15-38(35)32-40/h3-33H,1-2H3. The Bertz CT molecular complexity index is 2490. The van der Waals surface area contributed by atoms with Crippen molar-refractivity contribution in [3.05, 3.63) is 199 Å². The lowest BCUT2D eigenvalue weighted by Gasteiger charge is -2.27. The van der Waals surface area contributed by atoms with Gasteiger partial charge in [-0.3, -0.25) is 0 Å². The van der Waals surface area contributed by atoms with Crippen molar-refractivity contribution < 1.29 is 0 Å². The molecule has 0 atom stereocenters. The minimum atomic E-state index is -0.0725. The topological polar surface area (TPSA) is 3.24 Å². The molecule has 9 rings (SSSR count). The first-order valence-electron chi connectivity index (χ1n) is 17.4. The van der Waals surface area contributed by atoms with Crippen LogP contribution in [-0.2, 0) is 5.41 Å². The second-order valence-electron chi connectivity index (χ2n) is 13.8. The van der Waals surface area contributed by atoms with E-state index in [0.29, 0.717) is 0 Å². The number of anilines is 3. The van der Waals surface area contributed by atoms with Gasteiger partial charge < -0.3 is 4.90 Å². The summed E-state index contributed by atoms with van der Waals surface area (Å²) in [5, 5.41) is 2.50. The van der Waals surface area contributed by atoms with E-state index in [1.807, 2.05) is 0 Å². The molecule has 0 saturated carbocycles. The Morgan fingerprint density at radius 1 is 0.340 bits per heavy atom. The molecule has 0 aliphatic heterocycles. The summed E-state index contributed by atoms with van der Waals surface area (Å²) in [5.41, 5.74) is 16.1. The monoisotopic (exact) mass is 639 g/mol. The van der Waals surface area contributed by atoms with Gasteiger partial charge in [0, 0.05) is 22.5 Å². The van der Waals surface area contributed by atoms with Crippen LogP contribution in [0.5, 0.6) is 0 Å². The van der Waals surface area contributed by atoms with Crippen LogP contribution in [0.25, 0.3) is 55.3 Å². The predicted molar refractivity (Wildman–Crippen MR) is 213 cm³/mol. The van der Waals surface area contributed by atoms with Crippen LogP contribution in [0.1, 0.15) is 25.0 Å². The van der Waals surface area contributed by atoms with Crippen molar-refractivity contribution in [2.24, 2.45) is 0 Å². The summed E-state index contributed by atoms with van der Waals surface area (Å²) in [6.45, 7) is 4.72. The molecule has 0 aromatic heterocycles. The van der Waals surface area contributed by atoms with Gasteiger partial charge in [-0.25, -0.2) is 0 Å². The number of hydrogen-bond donors (Lipinski definition) is 0. The third kappa shape index (κ3) is 5.11. The van der Waals surface area contributed by atoms with Crippen LogP contribution in [0.2, 0.25) is 0 Å². The van der Waals surface area contributed by atoms with Gasteiger partial charge in [-0.05, 0) is 109 Å². The Labute approximate surface area is 294 Å². The second kappa shape index (κ2) is 12.1. The summed E-state index contributed by atoms with van der Waals surface area (Å²) >= 11 is 0.